The van der Waals surface area contributed by atoms with Gasteiger partial charge in [-0.15, -0.1) is 0 Å². The van der Waals surface area contributed by atoms with Gasteiger partial charge >= 0.3 is 0 Å². The predicted octanol–water partition coefficient (Wildman–Crippen LogP) is 1.07. The first kappa shape index (κ1) is 15.6. The predicted molar refractivity (Wildman–Crippen MR) is 91.2 cm³/mol. The molecule has 2 atom stereocenters. The Kier molecular flexibility index (Phi) is 3.89. The van der Waals surface area contributed by atoms with E-state index in [2.05, 4.69) is 31.9 Å². The second-order valence-electron chi connectivity index (χ2n) is 6.26. The number of anilines is 2. The average molecular weight is 341 g/mol. The van der Waals surface area contributed by atoms with Crippen molar-refractivity contribution in [2.45, 2.75) is 18.5 Å². The van der Waals surface area contributed by atoms with Gasteiger partial charge in [0.2, 0.25) is 5.95 Å². The first-order valence-electron chi connectivity index (χ1n) is 8.13. The lowest BCUT2D eigenvalue weighted by molar-refractivity contribution is 0.0705. The van der Waals surface area contributed by atoms with Crippen molar-refractivity contribution in [2.75, 3.05) is 30.0 Å². The molecule has 0 radical (unpaired) electrons. The van der Waals surface area contributed by atoms with Crippen molar-refractivity contribution in [3.05, 3.63) is 42.2 Å². The molecule has 1 amide bonds. The molecule has 0 aliphatic carbocycles. The number of hydrogen-bond acceptors (Lipinski definition) is 7. The summed E-state index contributed by atoms with van der Waals surface area (Å²) in [5.41, 5.74) is 2.98. The second kappa shape index (κ2) is 6.21. The molecule has 2 saturated heterocycles. The minimum Gasteiger partial charge on any atom is -0.497 e. The highest BCUT2D eigenvalue weighted by Crippen LogP contribution is 2.37. The molecule has 4 rings (SSSR count). The summed E-state index contributed by atoms with van der Waals surface area (Å²) in [6.07, 6.45) is 3.92. The van der Waals surface area contributed by atoms with Crippen LogP contribution >= 0.6 is 0 Å². The molecule has 0 saturated carbocycles. The number of piperazine rings is 1. The molecule has 25 heavy (non-hydrogen) atoms. The van der Waals surface area contributed by atoms with E-state index in [1.54, 1.807) is 12.6 Å². The third-order valence-electron chi connectivity index (χ3n) is 4.88. The zero-order chi connectivity index (χ0) is 17.4. The molecule has 8 nitrogen and oxygen atoms in total. The van der Waals surface area contributed by atoms with E-state index in [9.17, 15) is 4.79 Å². The molecule has 3 heterocycles. The van der Waals surface area contributed by atoms with Crippen LogP contribution in [0.2, 0.25) is 0 Å². The van der Waals surface area contributed by atoms with Gasteiger partial charge in [0.25, 0.3) is 5.91 Å². The lowest BCUT2D eigenvalue weighted by Gasteiger charge is -2.35. The van der Waals surface area contributed by atoms with Gasteiger partial charge in [0.15, 0.2) is 0 Å². The van der Waals surface area contributed by atoms with Crippen LogP contribution in [0.3, 0.4) is 0 Å². The standard InChI is InChI=1S/C17H19N5O3/c1-25-15-4-2-3-12(6-15)21-9-14-5-13(21)10-22(14)17-18-7-11(8-19-17)16(23)20-24/h2-4,6-8,13-14,24H,5,9-10H2,1H3,(H,20,23)/t13-,14-/m1/s1. The first-order valence-corrected chi connectivity index (χ1v) is 8.13. The lowest BCUT2D eigenvalue weighted by atomic mass is 10.2. The number of rotatable bonds is 4. The third-order valence-corrected chi connectivity index (χ3v) is 4.88. The quantitative estimate of drug-likeness (QED) is 0.635. The molecular weight excluding hydrogens is 322 g/mol. The summed E-state index contributed by atoms with van der Waals surface area (Å²) in [7, 11) is 1.68. The Bertz CT molecular complexity index is 782. The molecule has 130 valence electrons. The largest absolute Gasteiger partial charge is 0.497 e. The van der Waals surface area contributed by atoms with Gasteiger partial charge in [-0.3, -0.25) is 10.0 Å². The number of benzene rings is 1. The van der Waals surface area contributed by atoms with Crippen molar-refractivity contribution in [1.29, 1.82) is 0 Å². The Morgan fingerprint density at radius 3 is 2.60 bits per heavy atom. The summed E-state index contributed by atoms with van der Waals surface area (Å²) in [6.45, 7) is 1.74. The molecule has 2 aromatic rings. The normalized spacial score (nSPS) is 21.5. The Morgan fingerprint density at radius 1 is 1.24 bits per heavy atom. The van der Waals surface area contributed by atoms with Crippen molar-refractivity contribution < 1.29 is 14.7 Å². The highest BCUT2D eigenvalue weighted by Gasteiger charge is 2.44. The van der Waals surface area contributed by atoms with Crippen molar-refractivity contribution in [1.82, 2.24) is 15.4 Å². The van der Waals surface area contributed by atoms with Crippen molar-refractivity contribution in [2.24, 2.45) is 0 Å². The van der Waals surface area contributed by atoms with Crippen LogP contribution in [0.25, 0.3) is 0 Å². The highest BCUT2D eigenvalue weighted by molar-refractivity contribution is 5.92. The molecule has 2 bridgehead atoms. The van der Waals surface area contributed by atoms with Gasteiger partial charge in [-0.1, -0.05) is 6.07 Å². The number of nitrogens with one attached hydrogen (secondary N) is 1. The summed E-state index contributed by atoms with van der Waals surface area (Å²) < 4.78 is 5.32. The number of ether oxygens (including phenoxy) is 1. The fraction of sp³-hybridized carbons (Fsp3) is 0.353. The Morgan fingerprint density at radius 2 is 1.96 bits per heavy atom. The van der Waals surface area contributed by atoms with Crippen LogP contribution in [0.15, 0.2) is 36.7 Å². The van der Waals surface area contributed by atoms with Crippen LogP contribution in [0.1, 0.15) is 16.8 Å². The Hall–Kier alpha value is -2.87. The summed E-state index contributed by atoms with van der Waals surface area (Å²) in [5.74, 6) is 0.865. The highest BCUT2D eigenvalue weighted by atomic mass is 16.5. The molecule has 0 spiro atoms. The van der Waals surface area contributed by atoms with E-state index < -0.39 is 5.91 Å². The van der Waals surface area contributed by atoms with E-state index in [0.717, 1.165) is 25.3 Å². The van der Waals surface area contributed by atoms with E-state index in [1.807, 2.05) is 12.1 Å². The van der Waals surface area contributed by atoms with Gasteiger partial charge in [0.05, 0.1) is 18.7 Å². The van der Waals surface area contributed by atoms with Crippen molar-refractivity contribution in [3.63, 3.8) is 0 Å². The van der Waals surface area contributed by atoms with E-state index in [4.69, 9.17) is 9.94 Å². The monoisotopic (exact) mass is 341 g/mol. The van der Waals surface area contributed by atoms with Gasteiger partial charge in [-0.2, -0.15) is 0 Å². The zero-order valence-electron chi connectivity index (χ0n) is 13.8. The van der Waals surface area contributed by atoms with E-state index in [-0.39, 0.29) is 5.56 Å². The van der Waals surface area contributed by atoms with Crippen LogP contribution in [-0.4, -0.2) is 53.4 Å². The summed E-state index contributed by atoms with van der Waals surface area (Å²) >= 11 is 0. The minimum atomic E-state index is -0.612. The number of amides is 1. The number of aromatic nitrogens is 2. The maximum absolute atomic E-state index is 11.4. The van der Waals surface area contributed by atoms with Crippen molar-refractivity contribution in [3.8, 4) is 5.75 Å². The van der Waals surface area contributed by atoms with Crippen LogP contribution in [0.4, 0.5) is 11.6 Å². The van der Waals surface area contributed by atoms with Crippen LogP contribution in [0, 0.1) is 0 Å². The SMILES string of the molecule is COc1cccc(N2C[C@H]3C[C@@H]2CN3c2ncc(C(=O)NO)cn2)c1. The van der Waals surface area contributed by atoms with Crippen LogP contribution in [-0.2, 0) is 0 Å². The van der Waals surface area contributed by atoms with Gasteiger partial charge in [0.1, 0.15) is 5.75 Å². The Labute approximate surface area is 145 Å². The molecule has 1 aromatic heterocycles. The fourth-order valence-corrected chi connectivity index (χ4v) is 3.67. The number of methoxy groups -OCH3 is 1. The Balaban J connectivity index is 1.48. The summed E-state index contributed by atoms with van der Waals surface area (Å²) in [6, 6.07) is 8.86. The molecule has 2 fully saturated rings. The molecule has 1 aromatic carbocycles. The third kappa shape index (κ3) is 2.74. The summed E-state index contributed by atoms with van der Waals surface area (Å²) in [5, 5.41) is 8.65. The number of nitrogens with zero attached hydrogens (tertiary/aromatic N) is 4. The molecule has 2 aliphatic heterocycles. The number of fused-ring (bicyclic) bond motifs is 2. The molecular formula is C17H19N5O3. The van der Waals surface area contributed by atoms with Crippen LogP contribution in [0.5, 0.6) is 5.75 Å². The van der Waals surface area contributed by atoms with Crippen LogP contribution < -0.4 is 20.0 Å². The average Bonchev–Trinajstić information content (AvgIpc) is 3.28. The maximum Gasteiger partial charge on any atom is 0.277 e. The maximum atomic E-state index is 11.4. The number of carbonyl (C=O) groups is 1. The number of hydroxylamine groups is 1. The van der Waals surface area contributed by atoms with Gasteiger partial charge in [-0.25, -0.2) is 15.4 Å². The first-order chi connectivity index (χ1) is 12.2. The smallest absolute Gasteiger partial charge is 0.277 e. The molecule has 2 N–H and O–H groups in total. The van der Waals surface area contributed by atoms with E-state index in [0.29, 0.717) is 18.0 Å². The van der Waals surface area contributed by atoms with Gasteiger partial charge in [-0.05, 0) is 18.6 Å². The molecule has 8 heteroatoms. The second-order valence-corrected chi connectivity index (χ2v) is 6.26. The topological polar surface area (TPSA) is 90.8 Å². The minimum absolute atomic E-state index is 0.230. The van der Waals surface area contributed by atoms with Gasteiger partial charge in [0, 0.05) is 43.3 Å². The summed E-state index contributed by atoms with van der Waals surface area (Å²) in [4.78, 5) is 24.5. The van der Waals surface area contributed by atoms with Gasteiger partial charge < -0.3 is 14.5 Å². The lowest BCUT2D eigenvalue weighted by Crippen LogP contribution is -2.47. The fourth-order valence-electron chi connectivity index (χ4n) is 3.67. The molecule has 0 unspecified atom stereocenters. The number of carbonyl (C=O) groups excluding carboxylic acids is 1. The molecule has 2 aliphatic rings. The number of hydrogen-bond donors (Lipinski definition) is 2. The van der Waals surface area contributed by atoms with E-state index >= 15 is 0 Å². The zero-order valence-corrected chi connectivity index (χ0v) is 13.8. The van der Waals surface area contributed by atoms with E-state index in [1.165, 1.54) is 18.1 Å². The van der Waals surface area contributed by atoms with Crippen molar-refractivity contribution >= 4 is 17.5 Å².